The van der Waals surface area contributed by atoms with Crippen molar-refractivity contribution in [1.29, 1.82) is 0 Å². The van der Waals surface area contributed by atoms with Gasteiger partial charge in [-0.2, -0.15) is 0 Å². The zero-order chi connectivity index (χ0) is 33.5. The second-order valence-electron chi connectivity index (χ2n) is 11.9. The first-order chi connectivity index (χ1) is 21.3. The van der Waals surface area contributed by atoms with Crippen LogP contribution in [-0.2, 0) is 14.2 Å². The fraction of sp³-hybridized carbons (Fsp3) is 0.947. The van der Waals surface area contributed by atoms with E-state index in [-0.39, 0.29) is 13.8 Å². The second kappa shape index (κ2) is 45.6. The summed E-state index contributed by atoms with van der Waals surface area (Å²) in [7, 11) is 0. The first-order valence-corrected chi connectivity index (χ1v) is 18.4. The van der Waals surface area contributed by atoms with E-state index in [1.54, 1.807) is 0 Å². The van der Waals surface area contributed by atoms with Crippen molar-refractivity contribution in [2.45, 2.75) is 195 Å². The summed E-state index contributed by atoms with van der Waals surface area (Å²) >= 11 is 0. The van der Waals surface area contributed by atoms with E-state index in [0.29, 0.717) is 45.7 Å². The normalized spacial score (nSPS) is 13.4. The largest absolute Gasteiger partial charge is 0.393 e. The van der Waals surface area contributed by atoms with Crippen LogP contribution in [0.1, 0.15) is 170 Å². The van der Waals surface area contributed by atoms with Gasteiger partial charge < -0.3 is 34.6 Å². The van der Waals surface area contributed by atoms with Crippen molar-refractivity contribution < 1.29 is 34.6 Å². The van der Waals surface area contributed by atoms with Crippen molar-refractivity contribution in [3.63, 3.8) is 0 Å². The number of unbranched alkanes of at least 4 members (excludes halogenated alkanes) is 12. The summed E-state index contributed by atoms with van der Waals surface area (Å²) in [6.07, 6.45) is 20.6. The molecule has 0 bridgehead atoms. The van der Waals surface area contributed by atoms with Crippen LogP contribution in [0.5, 0.6) is 0 Å². The molecule has 4 N–H and O–H groups in total. The maximum absolute atomic E-state index is 9.91. The Hall–Kier alpha value is -0.540. The van der Waals surface area contributed by atoms with Crippen LogP contribution in [-0.4, -0.2) is 84.5 Å². The van der Waals surface area contributed by atoms with Gasteiger partial charge in [-0.25, -0.2) is 0 Å². The van der Waals surface area contributed by atoms with Crippen molar-refractivity contribution in [2.24, 2.45) is 0 Å². The Morgan fingerprint density at radius 2 is 0.867 bits per heavy atom. The molecular formula is C38H82O7. The zero-order valence-electron chi connectivity index (χ0n) is 30.0. The highest BCUT2D eigenvalue weighted by Crippen LogP contribution is 2.15. The van der Waals surface area contributed by atoms with Crippen molar-refractivity contribution in [2.75, 3.05) is 39.6 Å². The van der Waals surface area contributed by atoms with Gasteiger partial charge in [0.05, 0.1) is 50.8 Å². The maximum atomic E-state index is 9.91. The fourth-order valence-corrected chi connectivity index (χ4v) is 4.50. The van der Waals surface area contributed by atoms with Crippen LogP contribution in [0.2, 0.25) is 0 Å². The minimum absolute atomic E-state index is 0. The molecule has 7 nitrogen and oxygen atoms in total. The smallest absolute Gasteiger partial charge is 0.0701 e. The van der Waals surface area contributed by atoms with Crippen LogP contribution in [0.4, 0.5) is 0 Å². The number of rotatable bonds is 31. The van der Waals surface area contributed by atoms with E-state index in [1.165, 1.54) is 77.0 Å². The van der Waals surface area contributed by atoms with Gasteiger partial charge in [0.25, 0.3) is 0 Å². The molecular weight excluding hydrogens is 568 g/mol. The van der Waals surface area contributed by atoms with Gasteiger partial charge in [0, 0.05) is 13.2 Å². The Morgan fingerprint density at radius 3 is 1.31 bits per heavy atom. The van der Waals surface area contributed by atoms with E-state index in [2.05, 4.69) is 27.4 Å². The molecule has 0 aromatic heterocycles. The van der Waals surface area contributed by atoms with Gasteiger partial charge in [-0.1, -0.05) is 125 Å². The van der Waals surface area contributed by atoms with Crippen molar-refractivity contribution in [3.8, 4) is 0 Å². The number of hydrogen-bond donors (Lipinski definition) is 4. The van der Waals surface area contributed by atoms with E-state index in [4.69, 9.17) is 14.2 Å². The third kappa shape index (κ3) is 50.5. The van der Waals surface area contributed by atoms with E-state index in [9.17, 15) is 20.4 Å². The lowest BCUT2D eigenvalue weighted by Gasteiger charge is -2.20. The molecule has 0 aliphatic rings. The van der Waals surface area contributed by atoms with Crippen molar-refractivity contribution in [1.82, 2.24) is 0 Å². The summed E-state index contributed by atoms with van der Waals surface area (Å²) in [6, 6.07) is 0. The lowest BCUT2D eigenvalue weighted by molar-refractivity contribution is 0.0162. The van der Waals surface area contributed by atoms with Gasteiger partial charge in [0.1, 0.15) is 0 Å². The number of hydrogen-bond acceptors (Lipinski definition) is 7. The van der Waals surface area contributed by atoms with Gasteiger partial charge in [-0.15, -0.1) is 6.58 Å². The van der Waals surface area contributed by atoms with Crippen molar-refractivity contribution >= 4 is 0 Å². The molecule has 0 fully saturated rings. The van der Waals surface area contributed by atoms with Gasteiger partial charge in [-0.05, 0) is 51.9 Å². The molecule has 276 valence electrons. The first-order valence-electron chi connectivity index (χ1n) is 18.4. The van der Waals surface area contributed by atoms with E-state index < -0.39 is 24.4 Å². The molecule has 0 aliphatic carbocycles. The predicted octanol–water partition coefficient (Wildman–Crippen LogP) is 9.18. The zero-order valence-corrected chi connectivity index (χ0v) is 30.0. The molecule has 0 saturated heterocycles. The summed E-state index contributed by atoms with van der Waals surface area (Å²) < 4.78 is 16.0. The molecule has 7 heteroatoms. The van der Waals surface area contributed by atoms with Crippen LogP contribution in [0.25, 0.3) is 0 Å². The predicted molar refractivity (Wildman–Crippen MR) is 194 cm³/mol. The molecule has 0 saturated carbocycles. The molecule has 0 spiro atoms. The molecule has 0 heterocycles. The van der Waals surface area contributed by atoms with Crippen LogP contribution in [0.15, 0.2) is 12.7 Å². The third-order valence-electron chi connectivity index (χ3n) is 7.37. The lowest BCUT2D eigenvalue weighted by atomic mass is 9.98. The lowest BCUT2D eigenvalue weighted by Crippen LogP contribution is -2.25. The van der Waals surface area contributed by atoms with Gasteiger partial charge in [0.2, 0.25) is 0 Å². The third-order valence-corrected chi connectivity index (χ3v) is 7.37. The molecule has 4 unspecified atom stereocenters. The fourth-order valence-electron chi connectivity index (χ4n) is 4.50. The highest BCUT2D eigenvalue weighted by molar-refractivity contribution is 4.70. The molecule has 45 heavy (non-hydrogen) atoms. The van der Waals surface area contributed by atoms with E-state index in [1.807, 2.05) is 19.9 Å². The Bertz CT molecular complexity index is 490. The van der Waals surface area contributed by atoms with Crippen molar-refractivity contribution in [3.05, 3.63) is 12.7 Å². The summed E-state index contributed by atoms with van der Waals surface area (Å²) in [4.78, 5) is 0. The average Bonchev–Trinajstić information content (AvgIpc) is 3.01. The Kier molecular flexibility index (Phi) is 52.0. The summed E-state index contributed by atoms with van der Waals surface area (Å²) in [5.74, 6) is 0. The quantitative estimate of drug-likeness (QED) is 0.0438. The molecule has 0 amide bonds. The van der Waals surface area contributed by atoms with E-state index >= 15 is 0 Å². The second-order valence-corrected chi connectivity index (χ2v) is 11.9. The van der Waals surface area contributed by atoms with E-state index in [0.717, 1.165) is 38.9 Å². The maximum Gasteiger partial charge on any atom is 0.0701 e. The Morgan fingerprint density at radius 1 is 0.489 bits per heavy atom. The number of aliphatic hydroxyl groups excluding tert-OH is 4. The van der Waals surface area contributed by atoms with Gasteiger partial charge >= 0.3 is 0 Å². The SMILES string of the molecule is C.C=CCC.CCCCCCCCCC(O)CC(O)CC(O)CC(O)CC.CCCCCCCCCOCCOCCOCC. The highest BCUT2D eigenvalue weighted by Gasteiger charge is 2.18. The van der Waals surface area contributed by atoms with Gasteiger partial charge in [0.15, 0.2) is 0 Å². The number of allylic oxidation sites excluding steroid dienone is 1. The molecule has 4 atom stereocenters. The summed E-state index contributed by atoms with van der Waals surface area (Å²) in [5, 5.41) is 39.0. The Balaban J connectivity index is -0.000000331. The highest BCUT2D eigenvalue weighted by atomic mass is 16.5. The molecule has 0 aliphatic heterocycles. The Labute approximate surface area is 281 Å². The molecule has 0 rings (SSSR count). The van der Waals surface area contributed by atoms with Crippen LogP contribution < -0.4 is 0 Å². The minimum atomic E-state index is -0.698. The van der Waals surface area contributed by atoms with Crippen LogP contribution >= 0.6 is 0 Å². The summed E-state index contributed by atoms with van der Waals surface area (Å²) in [6.45, 7) is 18.3. The standard InChI is InChI=1S/C18H38O4.C15H32O3.C4H8.CH4/c1-3-5-6-7-8-9-10-11-16(20)13-18(22)14-17(21)12-15(19)4-2;1-3-5-6-7-8-9-10-11-17-14-15-18-13-12-16-4-2;1-3-4-2;/h15-22H,3-14H2,1-2H3;3-15H2,1-2H3;3H,1,4H2,2H3;1H4. The molecule has 0 aromatic rings. The van der Waals surface area contributed by atoms with Gasteiger partial charge in [-0.3, -0.25) is 0 Å². The first kappa shape index (κ1) is 51.3. The molecule has 0 aromatic carbocycles. The number of ether oxygens (including phenoxy) is 3. The van der Waals surface area contributed by atoms with Crippen LogP contribution in [0.3, 0.4) is 0 Å². The topological polar surface area (TPSA) is 109 Å². The number of aliphatic hydroxyl groups is 4. The molecule has 0 radical (unpaired) electrons. The average molecular weight is 651 g/mol. The van der Waals surface area contributed by atoms with Crippen LogP contribution in [0, 0.1) is 0 Å². The summed E-state index contributed by atoms with van der Waals surface area (Å²) in [5.41, 5.74) is 0. The minimum Gasteiger partial charge on any atom is -0.393 e. The monoisotopic (exact) mass is 651 g/mol.